The maximum atomic E-state index is 13.0. The first-order chi connectivity index (χ1) is 19.2. The highest BCUT2D eigenvalue weighted by Crippen LogP contribution is 2.26. The summed E-state index contributed by atoms with van der Waals surface area (Å²) >= 11 is 0. The Bertz CT molecular complexity index is 1900. The van der Waals surface area contributed by atoms with Crippen LogP contribution >= 0.6 is 0 Å². The summed E-state index contributed by atoms with van der Waals surface area (Å²) < 4.78 is 69.3. The van der Waals surface area contributed by atoms with Crippen LogP contribution in [0.5, 0.6) is 5.88 Å². The second kappa shape index (κ2) is 10.9. The molecule has 5 N–H and O–H groups in total. The number of hydrazone groups is 1. The number of hydrogen-bond acceptors (Lipinski definition) is 10. The Morgan fingerprint density at radius 1 is 0.927 bits per heavy atom. The summed E-state index contributed by atoms with van der Waals surface area (Å²) in [5.41, 5.74) is -1.84. The van der Waals surface area contributed by atoms with Crippen LogP contribution in [0.2, 0.25) is 0 Å². The van der Waals surface area contributed by atoms with E-state index in [-0.39, 0.29) is 22.8 Å². The van der Waals surface area contributed by atoms with Crippen molar-refractivity contribution in [1.82, 2.24) is 9.78 Å². The number of nitrogens with zero attached hydrogens (tertiary/aromatic N) is 3. The summed E-state index contributed by atoms with van der Waals surface area (Å²) in [7, 11) is -8.99. The standard InChI is InChI=1S/C23H18N4O12S2/c28-12-39-20-18(22(30)27(25-20)14-6-10-16(11-7-14)41(36,37)38)3-1-2-17-19(23(31)32)24-26(21(17)29)13-4-8-15(9-5-13)40(33,34)35/h1-11,25,28H,12H2,(H,31,32)(H,33,34,35)(H,36,37,38)/b3-1?,17-2-. The smallest absolute Gasteiger partial charge is 0.357 e. The van der Waals surface area contributed by atoms with Gasteiger partial charge in [-0.15, -0.1) is 0 Å². The molecule has 2 heterocycles. The minimum atomic E-state index is -4.51. The molecule has 0 atom stereocenters. The fraction of sp³-hybridized carbons (Fsp3) is 0.0435. The van der Waals surface area contributed by atoms with E-state index in [0.717, 1.165) is 59.3 Å². The zero-order chi connectivity index (χ0) is 30.1. The molecule has 16 nitrogen and oxygen atoms in total. The molecule has 1 aliphatic heterocycles. The maximum Gasteiger partial charge on any atom is 0.357 e. The monoisotopic (exact) mass is 606 g/mol. The fourth-order valence-corrected chi connectivity index (χ4v) is 4.56. The number of amides is 1. The lowest BCUT2D eigenvalue weighted by Crippen LogP contribution is -2.22. The third-order valence-corrected chi connectivity index (χ3v) is 7.21. The van der Waals surface area contributed by atoms with Crippen molar-refractivity contribution in [1.29, 1.82) is 0 Å². The Labute approximate surface area is 230 Å². The number of ether oxygens (including phenoxy) is 1. The number of aliphatic hydroxyl groups excluding tert-OH is 1. The molecule has 1 amide bonds. The van der Waals surface area contributed by atoms with Gasteiger partial charge in [-0.1, -0.05) is 6.08 Å². The zero-order valence-electron chi connectivity index (χ0n) is 20.3. The molecule has 3 aromatic rings. The van der Waals surface area contributed by atoms with E-state index in [1.807, 2.05) is 0 Å². The van der Waals surface area contributed by atoms with Crippen LogP contribution in [0.25, 0.3) is 11.8 Å². The predicted octanol–water partition coefficient (Wildman–Crippen LogP) is 0.415. The number of carboxylic acids is 1. The molecule has 0 fully saturated rings. The average Bonchev–Trinajstić information content (AvgIpc) is 3.40. The van der Waals surface area contributed by atoms with Gasteiger partial charge in [0.05, 0.1) is 26.7 Å². The fourth-order valence-electron chi connectivity index (χ4n) is 3.60. The van der Waals surface area contributed by atoms with Gasteiger partial charge in [-0.2, -0.15) is 26.9 Å². The number of aromatic nitrogens is 2. The first-order valence-corrected chi connectivity index (χ1v) is 13.9. The van der Waals surface area contributed by atoms with Gasteiger partial charge in [0.15, 0.2) is 12.5 Å². The van der Waals surface area contributed by atoms with Crippen LogP contribution in [0.4, 0.5) is 5.69 Å². The van der Waals surface area contributed by atoms with Crippen LogP contribution in [-0.2, 0) is 29.8 Å². The summed E-state index contributed by atoms with van der Waals surface area (Å²) in [6, 6.07) is 8.76. The van der Waals surface area contributed by atoms with Crippen LogP contribution in [0.3, 0.4) is 0 Å². The number of allylic oxidation sites excluding steroid dienone is 2. The molecule has 1 aromatic heterocycles. The van der Waals surface area contributed by atoms with E-state index in [2.05, 4.69) is 10.2 Å². The third kappa shape index (κ3) is 6.00. The first-order valence-electron chi connectivity index (χ1n) is 11.0. The van der Waals surface area contributed by atoms with Crippen molar-refractivity contribution in [2.24, 2.45) is 5.10 Å². The number of nitrogens with one attached hydrogen (secondary N) is 1. The van der Waals surface area contributed by atoms with E-state index in [1.165, 1.54) is 12.1 Å². The van der Waals surface area contributed by atoms with E-state index < -0.39 is 65.5 Å². The molecule has 0 saturated heterocycles. The molecule has 1 aliphatic rings. The van der Waals surface area contributed by atoms with E-state index in [1.54, 1.807) is 0 Å². The van der Waals surface area contributed by atoms with Crippen molar-refractivity contribution >= 4 is 49.6 Å². The largest absolute Gasteiger partial charge is 0.476 e. The van der Waals surface area contributed by atoms with Crippen molar-refractivity contribution in [2.75, 3.05) is 11.8 Å². The number of H-pyrrole nitrogens is 1. The molecule has 0 aliphatic carbocycles. The highest BCUT2D eigenvalue weighted by molar-refractivity contribution is 7.86. The van der Waals surface area contributed by atoms with E-state index in [9.17, 15) is 41.4 Å². The van der Waals surface area contributed by atoms with Crippen molar-refractivity contribution in [2.45, 2.75) is 9.79 Å². The topological polar surface area (TPSA) is 246 Å². The number of aliphatic carboxylic acids is 1. The lowest BCUT2D eigenvalue weighted by atomic mass is 10.1. The second-order valence-corrected chi connectivity index (χ2v) is 10.9. The number of carbonyl (C=O) groups excluding carboxylic acids is 1. The van der Waals surface area contributed by atoms with Crippen molar-refractivity contribution < 1.29 is 50.5 Å². The third-order valence-electron chi connectivity index (χ3n) is 5.48. The molecular formula is C23H18N4O12S2. The van der Waals surface area contributed by atoms with Crippen molar-refractivity contribution in [3.8, 4) is 11.6 Å². The second-order valence-electron chi connectivity index (χ2n) is 8.02. The van der Waals surface area contributed by atoms with Gasteiger partial charge >= 0.3 is 5.97 Å². The molecule has 4 rings (SSSR count). The lowest BCUT2D eigenvalue weighted by Gasteiger charge is -2.11. The predicted molar refractivity (Wildman–Crippen MR) is 140 cm³/mol. The Kier molecular flexibility index (Phi) is 7.77. The SMILES string of the molecule is O=C(O)C1=NN(c2ccc(S(=O)(=O)O)cc2)C(=O)/C1=C\C=Cc1c(OCO)[nH]n(-c2ccc(S(=O)(=O)O)cc2)c1=O. The Balaban J connectivity index is 1.67. The summed E-state index contributed by atoms with van der Waals surface area (Å²) in [6.07, 6.45) is 3.36. The van der Waals surface area contributed by atoms with Gasteiger partial charge in [-0.25, -0.2) is 9.48 Å². The highest BCUT2D eigenvalue weighted by atomic mass is 32.2. The van der Waals surface area contributed by atoms with Crippen LogP contribution in [-0.4, -0.2) is 70.3 Å². The first kappa shape index (κ1) is 29.1. The van der Waals surface area contributed by atoms with Crippen LogP contribution in [0.15, 0.2) is 85.9 Å². The van der Waals surface area contributed by atoms with Gasteiger partial charge < -0.3 is 14.9 Å². The summed E-state index contributed by atoms with van der Waals surface area (Å²) in [4.78, 5) is 36.9. The molecule has 0 unspecified atom stereocenters. The van der Waals surface area contributed by atoms with Gasteiger partial charge in [-0.3, -0.25) is 23.8 Å². The van der Waals surface area contributed by atoms with E-state index in [0.29, 0.717) is 5.01 Å². The molecule has 0 spiro atoms. The average molecular weight is 607 g/mol. The number of anilines is 1. The molecule has 0 saturated carbocycles. The van der Waals surface area contributed by atoms with Crippen LogP contribution in [0, 0.1) is 0 Å². The van der Waals surface area contributed by atoms with Gasteiger partial charge in [0.25, 0.3) is 31.7 Å². The maximum absolute atomic E-state index is 13.0. The number of benzene rings is 2. The van der Waals surface area contributed by atoms with Crippen molar-refractivity contribution in [3.05, 3.63) is 82.2 Å². The minimum absolute atomic E-state index is 0.000647. The minimum Gasteiger partial charge on any atom is -0.476 e. The number of rotatable bonds is 9. The number of carbonyl (C=O) groups is 2. The van der Waals surface area contributed by atoms with E-state index in [4.69, 9.17) is 13.8 Å². The molecule has 2 aromatic carbocycles. The Morgan fingerprint density at radius 3 is 1.95 bits per heavy atom. The molecular weight excluding hydrogens is 588 g/mol. The van der Waals surface area contributed by atoms with E-state index >= 15 is 0 Å². The quantitative estimate of drug-likeness (QED) is 0.126. The number of carboxylic acid groups (broad SMARTS) is 1. The van der Waals surface area contributed by atoms with Gasteiger partial charge in [0.2, 0.25) is 5.88 Å². The van der Waals surface area contributed by atoms with Gasteiger partial charge in [-0.05, 0) is 60.7 Å². The lowest BCUT2D eigenvalue weighted by molar-refractivity contribution is -0.129. The number of aromatic amines is 1. The van der Waals surface area contributed by atoms with Crippen molar-refractivity contribution in [3.63, 3.8) is 0 Å². The summed E-state index contributed by atoms with van der Waals surface area (Å²) in [6.45, 7) is -0.844. The highest BCUT2D eigenvalue weighted by Gasteiger charge is 2.35. The van der Waals surface area contributed by atoms with Crippen LogP contribution < -0.4 is 15.3 Å². The molecule has 0 bridgehead atoms. The zero-order valence-corrected chi connectivity index (χ0v) is 21.9. The molecule has 0 radical (unpaired) electrons. The Hall–Kier alpha value is -4.88. The molecule has 41 heavy (non-hydrogen) atoms. The van der Waals surface area contributed by atoms with Gasteiger partial charge in [0.1, 0.15) is 5.56 Å². The molecule has 214 valence electrons. The summed E-state index contributed by atoms with van der Waals surface area (Å²) in [5, 5.41) is 25.8. The normalized spacial score (nSPS) is 15.1. The summed E-state index contributed by atoms with van der Waals surface area (Å²) in [5.74, 6) is -2.68. The number of hydrogen-bond donors (Lipinski definition) is 5. The Morgan fingerprint density at radius 2 is 1.46 bits per heavy atom. The van der Waals surface area contributed by atoms with Gasteiger partial charge in [0, 0.05) is 0 Å². The number of aliphatic hydroxyl groups is 1. The molecule has 18 heteroatoms. The van der Waals surface area contributed by atoms with Crippen LogP contribution in [0.1, 0.15) is 5.56 Å².